The van der Waals surface area contributed by atoms with Crippen molar-refractivity contribution in [2.75, 3.05) is 0 Å². The fourth-order valence-electron chi connectivity index (χ4n) is 1.32. The van der Waals surface area contributed by atoms with Crippen molar-refractivity contribution in [3.63, 3.8) is 0 Å². The predicted molar refractivity (Wildman–Crippen MR) is 50.9 cm³/mol. The van der Waals surface area contributed by atoms with Crippen LogP contribution in [0.5, 0.6) is 0 Å². The lowest BCUT2D eigenvalue weighted by molar-refractivity contribution is -0.769. The molecule has 4 heteroatoms. The van der Waals surface area contributed by atoms with Crippen molar-refractivity contribution < 1.29 is 9.92 Å². The highest BCUT2D eigenvalue weighted by Crippen LogP contribution is 2.11. The third-order valence-corrected chi connectivity index (χ3v) is 1.98. The summed E-state index contributed by atoms with van der Waals surface area (Å²) >= 11 is 0. The maximum atomic E-state index is 10.1. The van der Waals surface area contributed by atoms with E-state index in [1.807, 2.05) is 6.92 Å². The van der Waals surface area contributed by atoms with Crippen LogP contribution in [0.4, 0.5) is 0 Å². The van der Waals surface area contributed by atoms with Crippen molar-refractivity contribution in [3.05, 3.63) is 10.1 Å². The summed E-state index contributed by atoms with van der Waals surface area (Å²) in [6.45, 7) is 4.12. The summed E-state index contributed by atoms with van der Waals surface area (Å²) in [5.74, 6) is 0. The van der Waals surface area contributed by atoms with Crippen molar-refractivity contribution in [2.45, 2.75) is 58.5 Å². The molecule has 0 fully saturated rings. The zero-order valence-electron chi connectivity index (χ0n) is 8.49. The lowest BCUT2D eigenvalue weighted by Crippen LogP contribution is -2.16. The topological polar surface area (TPSA) is 52.4 Å². The van der Waals surface area contributed by atoms with E-state index in [9.17, 15) is 10.1 Å². The van der Waals surface area contributed by atoms with Gasteiger partial charge in [-0.15, -0.1) is 10.1 Å². The molecule has 0 spiro atoms. The summed E-state index contributed by atoms with van der Waals surface area (Å²) in [6, 6.07) is 0. The van der Waals surface area contributed by atoms with Crippen molar-refractivity contribution in [3.8, 4) is 0 Å². The summed E-state index contributed by atoms with van der Waals surface area (Å²) in [7, 11) is 0. The first-order valence-corrected chi connectivity index (χ1v) is 5.01. The standard InChI is InChI=1S/C9H19NO3/c1-3-5-6-8-9(7-4-2)13-10(11)12/h9H,3-8H2,1-2H3. The maximum absolute atomic E-state index is 10.1. The van der Waals surface area contributed by atoms with Crippen LogP contribution in [0.25, 0.3) is 0 Å². The fourth-order valence-corrected chi connectivity index (χ4v) is 1.32. The largest absolute Gasteiger partial charge is 0.311 e. The van der Waals surface area contributed by atoms with Crippen molar-refractivity contribution in [2.24, 2.45) is 0 Å². The predicted octanol–water partition coefficient (Wildman–Crippen LogP) is 2.94. The Labute approximate surface area is 79.4 Å². The Morgan fingerprint density at radius 3 is 2.38 bits per heavy atom. The molecule has 78 valence electrons. The maximum Gasteiger partial charge on any atom is 0.294 e. The molecule has 0 aliphatic heterocycles. The van der Waals surface area contributed by atoms with Gasteiger partial charge in [-0.1, -0.05) is 39.5 Å². The Bertz CT molecular complexity index is 139. The van der Waals surface area contributed by atoms with Crippen molar-refractivity contribution in [1.82, 2.24) is 0 Å². The van der Waals surface area contributed by atoms with E-state index in [2.05, 4.69) is 11.8 Å². The van der Waals surface area contributed by atoms with E-state index in [0.717, 1.165) is 38.5 Å². The second-order valence-electron chi connectivity index (χ2n) is 3.24. The van der Waals surface area contributed by atoms with Crippen LogP contribution in [0.3, 0.4) is 0 Å². The molecule has 0 rings (SSSR count). The third kappa shape index (κ3) is 7.56. The number of rotatable bonds is 8. The molecule has 0 radical (unpaired) electrons. The lowest BCUT2D eigenvalue weighted by Gasteiger charge is -2.12. The highest BCUT2D eigenvalue weighted by molar-refractivity contribution is 4.55. The Kier molecular flexibility index (Phi) is 7.35. The molecule has 0 aromatic heterocycles. The number of hydrogen-bond donors (Lipinski definition) is 0. The molecule has 0 aliphatic carbocycles. The van der Waals surface area contributed by atoms with E-state index in [1.165, 1.54) is 0 Å². The number of hydrogen-bond acceptors (Lipinski definition) is 3. The fraction of sp³-hybridized carbons (Fsp3) is 1.00. The second kappa shape index (κ2) is 7.83. The molecule has 1 atom stereocenters. The molecule has 0 bridgehead atoms. The average Bonchev–Trinajstić information content (AvgIpc) is 2.04. The van der Waals surface area contributed by atoms with Gasteiger partial charge in [-0.2, -0.15) is 0 Å². The number of nitrogens with zero attached hydrogens (tertiary/aromatic N) is 1. The molecular weight excluding hydrogens is 170 g/mol. The Morgan fingerprint density at radius 2 is 1.92 bits per heavy atom. The van der Waals surface area contributed by atoms with Gasteiger partial charge in [0.25, 0.3) is 5.09 Å². The van der Waals surface area contributed by atoms with Crippen LogP contribution in [0.1, 0.15) is 52.4 Å². The molecule has 0 aromatic carbocycles. The first kappa shape index (κ1) is 12.2. The van der Waals surface area contributed by atoms with Gasteiger partial charge >= 0.3 is 0 Å². The quantitative estimate of drug-likeness (QED) is 0.335. The summed E-state index contributed by atoms with van der Waals surface area (Å²) in [5, 5.41) is 9.43. The highest BCUT2D eigenvalue weighted by atomic mass is 17.0. The minimum atomic E-state index is -0.674. The highest BCUT2D eigenvalue weighted by Gasteiger charge is 2.11. The first-order valence-electron chi connectivity index (χ1n) is 5.01. The van der Waals surface area contributed by atoms with Gasteiger partial charge in [0.1, 0.15) is 6.10 Å². The molecule has 13 heavy (non-hydrogen) atoms. The Hall–Kier alpha value is -0.800. The molecular formula is C9H19NO3. The molecule has 0 heterocycles. The minimum absolute atomic E-state index is 0.188. The average molecular weight is 189 g/mol. The minimum Gasteiger partial charge on any atom is -0.311 e. The summed E-state index contributed by atoms with van der Waals surface area (Å²) in [4.78, 5) is 14.7. The van der Waals surface area contributed by atoms with Crippen LogP contribution in [0.15, 0.2) is 0 Å². The van der Waals surface area contributed by atoms with Gasteiger partial charge in [0.15, 0.2) is 0 Å². The monoisotopic (exact) mass is 189 g/mol. The summed E-state index contributed by atoms with van der Waals surface area (Å²) < 4.78 is 0. The van der Waals surface area contributed by atoms with Crippen molar-refractivity contribution in [1.29, 1.82) is 0 Å². The third-order valence-electron chi connectivity index (χ3n) is 1.98. The van der Waals surface area contributed by atoms with Crippen LogP contribution >= 0.6 is 0 Å². The van der Waals surface area contributed by atoms with Crippen LogP contribution in [0.2, 0.25) is 0 Å². The van der Waals surface area contributed by atoms with Gasteiger partial charge in [0, 0.05) is 0 Å². The van der Waals surface area contributed by atoms with E-state index in [4.69, 9.17) is 0 Å². The molecule has 0 saturated heterocycles. The zero-order valence-corrected chi connectivity index (χ0v) is 8.49. The molecule has 0 N–H and O–H groups in total. The molecule has 0 saturated carbocycles. The van der Waals surface area contributed by atoms with Gasteiger partial charge in [-0.05, 0) is 12.8 Å². The first-order chi connectivity index (χ1) is 6.20. The zero-order chi connectivity index (χ0) is 10.1. The summed E-state index contributed by atoms with van der Waals surface area (Å²) in [6.07, 6.45) is 5.62. The lowest BCUT2D eigenvalue weighted by atomic mass is 10.1. The van der Waals surface area contributed by atoms with Gasteiger partial charge in [0.05, 0.1) is 0 Å². The molecule has 0 amide bonds. The van der Waals surface area contributed by atoms with Gasteiger partial charge in [0.2, 0.25) is 0 Å². The molecule has 1 unspecified atom stereocenters. The van der Waals surface area contributed by atoms with Crippen LogP contribution < -0.4 is 0 Å². The van der Waals surface area contributed by atoms with Crippen LogP contribution in [0, 0.1) is 10.1 Å². The summed E-state index contributed by atoms with van der Waals surface area (Å²) in [5.41, 5.74) is 0. The van der Waals surface area contributed by atoms with E-state index >= 15 is 0 Å². The van der Waals surface area contributed by atoms with Crippen molar-refractivity contribution >= 4 is 0 Å². The number of unbranched alkanes of at least 4 members (excludes halogenated alkanes) is 2. The Balaban J connectivity index is 3.59. The SMILES string of the molecule is CCCCCC(CCC)O[N+](=O)[O-]. The van der Waals surface area contributed by atoms with Crippen LogP contribution in [-0.4, -0.2) is 11.2 Å². The van der Waals surface area contributed by atoms with E-state index in [0.29, 0.717) is 0 Å². The Morgan fingerprint density at radius 1 is 1.23 bits per heavy atom. The van der Waals surface area contributed by atoms with E-state index in [1.54, 1.807) is 0 Å². The van der Waals surface area contributed by atoms with Gasteiger partial charge < -0.3 is 4.84 Å². The van der Waals surface area contributed by atoms with E-state index in [-0.39, 0.29) is 6.10 Å². The molecule has 4 nitrogen and oxygen atoms in total. The second-order valence-corrected chi connectivity index (χ2v) is 3.24. The van der Waals surface area contributed by atoms with E-state index < -0.39 is 5.09 Å². The molecule has 0 aromatic rings. The van der Waals surface area contributed by atoms with Gasteiger partial charge in [-0.25, -0.2) is 0 Å². The molecule has 0 aliphatic rings. The normalized spacial score (nSPS) is 12.5. The smallest absolute Gasteiger partial charge is 0.294 e. The van der Waals surface area contributed by atoms with Gasteiger partial charge in [-0.3, -0.25) is 0 Å². The van der Waals surface area contributed by atoms with Crippen LogP contribution in [-0.2, 0) is 4.84 Å².